The van der Waals surface area contributed by atoms with Crippen LogP contribution in [0.1, 0.15) is 0 Å². The largest absolute Gasteiger partial charge is 0.327 e. The van der Waals surface area contributed by atoms with Crippen molar-refractivity contribution in [3.8, 4) is 11.3 Å². The van der Waals surface area contributed by atoms with Gasteiger partial charge in [0.15, 0.2) is 0 Å². The molecule has 0 aliphatic heterocycles. The van der Waals surface area contributed by atoms with E-state index in [1.807, 2.05) is 36.4 Å². The summed E-state index contributed by atoms with van der Waals surface area (Å²) in [6.45, 7) is 0. The molecule has 1 aromatic carbocycles. The van der Waals surface area contributed by atoms with E-state index in [9.17, 15) is 4.79 Å². The Kier molecular flexibility index (Phi) is 2.72. The number of para-hydroxylation sites is 1. The minimum Gasteiger partial charge on any atom is -0.327 e. The lowest BCUT2D eigenvalue weighted by Crippen LogP contribution is -2.05. The second kappa shape index (κ2) is 4.38. The fraction of sp³-hybridized carbons (Fsp3) is 0. The lowest BCUT2D eigenvalue weighted by molar-refractivity contribution is 1.21. The number of benzene rings is 1. The molecule has 4 heteroatoms. The van der Waals surface area contributed by atoms with E-state index < -0.39 is 0 Å². The summed E-state index contributed by atoms with van der Waals surface area (Å²) < 4.78 is 0.509. The van der Waals surface area contributed by atoms with E-state index >= 15 is 0 Å². The van der Waals surface area contributed by atoms with E-state index in [-0.39, 0.29) is 5.56 Å². The van der Waals surface area contributed by atoms with Gasteiger partial charge < -0.3 is 4.98 Å². The summed E-state index contributed by atoms with van der Waals surface area (Å²) in [7, 11) is 0. The van der Waals surface area contributed by atoms with Crippen molar-refractivity contribution >= 4 is 26.8 Å². The Labute approximate surface area is 112 Å². The summed E-state index contributed by atoms with van der Waals surface area (Å²) in [5.41, 5.74) is 2.52. The molecule has 1 N–H and O–H groups in total. The van der Waals surface area contributed by atoms with Crippen LogP contribution in [0, 0.1) is 0 Å². The Morgan fingerprint density at radius 1 is 1.11 bits per heavy atom. The molecule has 0 amide bonds. The number of fused-ring (bicyclic) bond motifs is 1. The maximum atomic E-state index is 11.3. The fourth-order valence-electron chi connectivity index (χ4n) is 1.83. The molecule has 3 aromatic rings. The number of aromatic nitrogens is 2. The highest BCUT2D eigenvalue weighted by molar-refractivity contribution is 9.10. The number of rotatable bonds is 1. The van der Waals surface area contributed by atoms with Crippen LogP contribution in [-0.2, 0) is 0 Å². The first-order valence-electron chi connectivity index (χ1n) is 5.48. The third kappa shape index (κ3) is 1.95. The Morgan fingerprint density at radius 3 is 2.78 bits per heavy atom. The van der Waals surface area contributed by atoms with E-state index in [0.717, 1.165) is 22.2 Å². The highest BCUT2D eigenvalue weighted by Crippen LogP contribution is 2.21. The standard InChI is InChI=1S/C14H9BrN2O/c15-11-7-10(8-16-14(11)18)13-6-5-9-3-1-2-4-12(9)17-13/h1-8H,(H,16,18). The maximum Gasteiger partial charge on any atom is 0.262 e. The number of pyridine rings is 2. The topological polar surface area (TPSA) is 45.8 Å². The normalized spacial score (nSPS) is 10.7. The molecular weight excluding hydrogens is 292 g/mol. The maximum absolute atomic E-state index is 11.3. The third-order valence-corrected chi connectivity index (χ3v) is 3.34. The SMILES string of the molecule is O=c1[nH]cc(-c2ccc3ccccc3n2)cc1Br. The van der Waals surface area contributed by atoms with Crippen molar-refractivity contribution in [1.82, 2.24) is 9.97 Å². The second-order valence-corrected chi connectivity index (χ2v) is 4.81. The predicted molar refractivity (Wildman–Crippen MR) is 75.5 cm³/mol. The van der Waals surface area contributed by atoms with Gasteiger partial charge in [0.05, 0.1) is 15.7 Å². The summed E-state index contributed by atoms with van der Waals surface area (Å²) >= 11 is 3.22. The first-order chi connectivity index (χ1) is 8.74. The number of aromatic amines is 1. The van der Waals surface area contributed by atoms with Crippen molar-refractivity contribution in [2.24, 2.45) is 0 Å². The van der Waals surface area contributed by atoms with Gasteiger partial charge in [-0.3, -0.25) is 4.79 Å². The quantitative estimate of drug-likeness (QED) is 0.749. The number of hydrogen-bond acceptors (Lipinski definition) is 2. The van der Waals surface area contributed by atoms with Crippen LogP contribution in [0.5, 0.6) is 0 Å². The van der Waals surface area contributed by atoms with Gasteiger partial charge in [0.2, 0.25) is 0 Å². The van der Waals surface area contributed by atoms with E-state index in [4.69, 9.17) is 0 Å². The third-order valence-electron chi connectivity index (χ3n) is 2.75. The average molecular weight is 301 g/mol. The molecule has 0 atom stereocenters. The zero-order chi connectivity index (χ0) is 12.5. The molecule has 0 unspecified atom stereocenters. The minimum absolute atomic E-state index is 0.139. The van der Waals surface area contributed by atoms with Crippen molar-refractivity contribution in [1.29, 1.82) is 0 Å². The van der Waals surface area contributed by atoms with Gasteiger partial charge in [-0.2, -0.15) is 0 Å². The molecule has 3 rings (SSSR count). The van der Waals surface area contributed by atoms with Gasteiger partial charge in [-0.1, -0.05) is 24.3 Å². The number of hydrogen-bond donors (Lipinski definition) is 1. The van der Waals surface area contributed by atoms with Gasteiger partial charge in [0, 0.05) is 17.1 Å². The van der Waals surface area contributed by atoms with Crippen molar-refractivity contribution < 1.29 is 0 Å². The molecule has 0 aliphatic rings. The zero-order valence-electron chi connectivity index (χ0n) is 9.35. The molecule has 0 radical (unpaired) electrons. The highest BCUT2D eigenvalue weighted by Gasteiger charge is 2.03. The molecule has 88 valence electrons. The molecule has 2 heterocycles. The Hall–Kier alpha value is -1.94. The van der Waals surface area contributed by atoms with Gasteiger partial charge in [-0.15, -0.1) is 0 Å². The number of halogens is 1. The highest BCUT2D eigenvalue weighted by atomic mass is 79.9. The van der Waals surface area contributed by atoms with E-state index in [1.54, 1.807) is 12.3 Å². The van der Waals surface area contributed by atoms with Crippen LogP contribution in [0.25, 0.3) is 22.2 Å². The minimum atomic E-state index is -0.139. The molecule has 0 saturated carbocycles. The van der Waals surface area contributed by atoms with Crippen LogP contribution in [0.2, 0.25) is 0 Å². The molecular formula is C14H9BrN2O. The van der Waals surface area contributed by atoms with E-state index in [1.165, 1.54) is 0 Å². The molecule has 0 saturated heterocycles. The van der Waals surface area contributed by atoms with E-state index in [0.29, 0.717) is 4.47 Å². The first kappa shape index (κ1) is 11.2. The van der Waals surface area contributed by atoms with Crippen molar-refractivity contribution in [2.75, 3.05) is 0 Å². The van der Waals surface area contributed by atoms with Crippen molar-refractivity contribution in [3.63, 3.8) is 0 Å². The molecule has 3 nitrogen and oxygen atoms in total. The predicted octanol–water partition coefficient (Wildman–Crippen LogP) is 3.35. The first-order valence-corrected chi connectivity index (χ1v) is 6.28. The van der Waals surface area contributed by atoms with Crippen LogP contribution in [-0.4, -0.2) is 9.97 Å². The Balaban J connectivity index is 2.19. The van der Waals surface area contributed by atoms with E-state index in [2.05, 4.69) is 25.9 Å². The Morgan fingerprint density at radius 2 is 1.94 bits per heavy atom. The van der Waals surface area contributed by atoms with Crippen molar-refractivity contribution in [2.45, 2.75) is 0 Å². The number of nitrogens with one attached hydrogen (secondary N) is 1. The van der Waals surface area contributed by atoms with Crippen LogP contribution in [0.15, 0.2) is 57.9 Å². The second-order valence-electron chi connectivity index (χ2n) is 3.95. The van der Waals surface area contributed by atoms with Crippen LogP contribution >= 0.6 is 15.9 Å². The fourth-order valence-corrected chi connectivity index (χ4v) is 2.19. The van der Waals surface area contributed by atoms with Gasteiger partial charge in [-0.25, -0.2) is 4.98 Å². The summed E-state index contributed by atoms with van der Waals surface area (Å²) in [5, 5.41) is 1.10. The monoisotopic (exact) mass is 300 g/mol. The summed E-state index contributed by atoms with van der Waals surface area (Å²) in [5.74, 6) is 0. The molecule has 0 spiro atoms. The number of nitrogens with zero attached hydrogens (tertiary/aromatic N) is 1. The van der Waals surface area contributed by atoms with Gasteiger partial charge in [0.25, 0.3) is 5.56 Å². The lowest BCUT2D eigenvalue weighted by atomic mass is 10.1. The smallest absolute Gasteiger partial charge is 0.262 e. The summed E-state index contributed by atoms with van der Waals surface area (Å²) in [6.07, 6.45) is 1.67. The Bertz CT molecular complexity index is 780. The van der Waals surface area contributed by atoms with Crippen LogP contribution < -0.4 is 5.56 Å². The molecule has 0 aliphatic carbocycles. The van der Waals surface area contributed by atoms with Gasteiger partial charge in [-0.05, 0) is 34.1 Å². The average Bonchev–Trinajstić information content (AvgIpc) is 2.41. The zero-order valence-corrected chi connectivity index (χ0v) is 10.9. The molecule has 18 heavy (non-hydrogen) atoms. The summed E-state index contributed by atoms with van der Waals surface area (Å²) in [6, 6.07) is 13.7. The summed E-state index contributed by atoms with van der Waals surface area (Å²) in [4.78, 5) is 18.5. The van der Waals surface area contributed by atoms with Crippen LogP contribution in [0.4, 0.5) is 0 Å². The van der Waals surface area contributed by atoms with Crippen molar-refractivity contribution in [3.05, 3.63) is 63.5 Å². The van der Waals surface area contributed by atoms with Gasteiger partial charge >= 0.3 is 0 Å². The lowest BCUT2D eigenvalue weighted by Gasteiger charge is -2.03. The molecule has 0 fully saturated rings. The number of H-pyrrole nitrogens is 1. The molecule has 0 bridgehead atoms. The van der Waals surface area contributed by atoms with Crippen LogP contribution in [0.3, 0.4) is 0 Å². The van der Waals surface area contributed by atoms with Gasteiger partial charge in [0.1, 0.15) is 0 Å². The molecule has 2 aromatic heterocycles.